The molecule has 14 heavy (non-hydrogen) atoms. The van der Waals surface area contributed by atoms with Gasteiger partial charge in [0, 0.05) is 19.1 Å². The Bertz CT molecular complexity index is 307. The van der Waals surface area contributed by atoms with Gasteiger partial charge in [0.05, 0.1) is 11.4 Å². The Kier molecular flexibility index (Phi) is 2.62. The van der Waals surface area contributed by atoms with Crippen LogP contribution in [0.2, 0.25) is 0 Å². The van der Waals surface area contributed by atoms with Crippen molar-refractivity contribution in [1.29, 1.82) is 0 Å². The molecular formula is C12H18N2. The fourth-order valence-corrected chi connectivity index (χ4v) is 2.00. The maximum atomic E-state index is 3.47. The average molecular weight is 190 g/mol. The first-order valence-electron chi connectivity index (χ1n) is 5.38. The highest BCUT2D eigenvalue weighted by molar-refractivity contribution is 5.70. The van der Waals surface area contributed by atoms with E-state index in [2.05, 4.69) is 48.3 Å². The van der Waals surface area contributed by atoms with Gasteiger partial charge in [-0.3, -0.25) is 0 Å². The van der Waals surface area contributed by atoms with E-state index in [1.165, 1.54) is 17.8 Å². The fourth-order valence-electron chi connectivity index (χ4n) is 2.00. The first-order valence-corrected chi connectivity index (χ1v) is 5.38. The summed E-state index contributed by atoms with van der Waals surface area (Å²) in [5, 5.41) is 3.47. The third-order valence-corrected chi connectivity index (χ3v) is 2.73. The van der Waals surface area contributed by atoms with E-state index in [9.17, 15) is 0 Å². The smallest absolute Gasteiger partial charge is 0.0604 e. The van der Waals surface area contributed by atoms with Gasteiger partial charge in [0.1, 0.15) is 0 Å². The Morgan fingerprint density at radius 2 is 2.07 bits per heavy atom. The van der Waals surface area contributed by atoms with Gasteiger partial charge in [-0.05, 0) is 32.4 Å². The van der Waals surface area contributed by atoms with Crippen LogP contribution in [-0.2, 0) is 0 Å². The monoisotopic (exact) mass is 190 g/mol. The number of nitrogens with zero attached hydrogens (tertiary/aromatic N) is 1. The number of anilines is 2. The van der Waals surface area contributed by atoms with E-state index in [-0.39, 0.29) is 0 Å². The van der Waals surface area contributed by atoms with E-state index < -0.39 is 0 Å². The quantitative estimate of drug-likeness (QED) is 0.732. The molecule has 0 radical (unpaired) electrons. The topological polar surface area (TPSA) is 15.3 Å². The van der Waals surface area contributed by atoms with Crippen molar-refractivity contribution in [3.8, 4) is 0 Å². The molecule has 0 unspecified atom stereocenters. The van der Waals surface area contributed by atoms with Gasteiger partial charge < -0.3 is 10.2 Å². The summed E-state index contributed by atoms with van der Waals surface area (Å²) < 4.78 is 0. The Balaban J connectivity index is 2.37. The van der Waals surface area contributed by atoms with Gasteiger partial charge in [-0.1, -0.05) is 12.1 Å². The fraction of sp³-hybridized carbons (Fsp3) is 0.500. The molecule has 1 aromatic rings. The van der Waals surface area contributed by atoms with E-state index in [4.69, 9.17) is 0 Å². The van der Waals surface area contributed by atoms with Crippen LogP contribution < -0.4 is 10.2 Å². The van der Waals surface area contributed by atoms with Crippen LogP contribution in [0.25, 0.3) is 0 Å². The molecule has 0 aromatic heterocycles. The highest BCUT2D eigenvalue weighted by Gasteiger charge is 2.16. The molecule has 2 nitrogen and oxygen atoms in total. The Labute approximate surface area is 85.9 Å². The Morgan fingerprint density at radius 3 is 2.86 bits per heavy atom. The number of hydrogen-bond acceptors (Lipinski definition) is 2. The van der Waals surface area contributed by atoms with Crippen molar-refractivity contribution in [2.24, 2.45) is 0 Å². The minimum absolute atomic E-state index is 0.580. The summed E-state index contributed by atoms with van der Waals surface area (Å²) in [6.07, 6.45) is 1.22. The van der Waals surface area contributed by atoms with Gasteiger partial charge >= 0.3 is 0 Å². The minimum atomic E-state index is 0.580. The molecule has 0 aliphatic carbocycles. The molecule has 76 valence electrons. The van der Waals surface area contributed by atoms with Crippen molar-refractivity contribution in [3.63, 3.8) is 0 Å². The van der Waals surface area contributed by atoms with Crippen molar-refractivity contribution in [2.45, 2.75) is 26.3 Å². The highest BCUT2D eigenvalue weighted by Crippen LogP contribution is 2.29. The van der Waals surface area contributed by atoms with Crippen LogP contribution in [-0.4, -0.2) is 19.1 Å². The number of hydrogen-bond donors (Lipinski definition) is 1. The summed E-state index contributed by atoms with van der Waals surface area (Å²) in [6, 6.07) is 9.15. The van der Waals surface area contributed by atoms with Crippen molar-refractivity contribution in [1.82, 2.24) is 0 Å². The van der Waals surface area contributed by atoms with E-state index in [1.807, 2.05) is 0 Å². The van der Waals surface area contributed by atoms with Crippen LogP contribution in [0, 0.1) is 0 Å². The molecule has 1 aliphatic heterocycles. The second-order valence-corrected chi connectivity index (χ2v) is 4.08. The normalized spacial score (nSPS) is 16.1. The minimum Gasteiger partial charge on any atom is -0.383 e. The van der Waals surface area contributed by atoms with Crippen LogP contribution in [0.3, 0.4) is 0 Å². The Morgan fingerprint density at radius 1 is 1.29 bits per heavy atom. The number of para-hydroxylation sites is 2. The van der Waals surface area contributed by atoms with E-state index >= 15 is 0 Å². The van der Waals surface area contributed by atoms with Crippen LogP contribution >= 0.6 is 0 Å². The number of fused-ring (bicyclic) bond motifs is 1. The maximum absolute atomic E-state index is 3.47. The number of rotatable bonds is 1. The van der Waals surface area contributed by atoms with Crippen molar-refractivity contribution in [2.75, 3.05) is 23.3 Å². The standard InChI is InChI=1S/C12H18N2/c1-10(2)14-9-5-8-13-11-6-3-4-7-12(11)14/h3-4,6-7,10,13H,5,8-9H2,1-2H3. The lowest BCUT2D eigenvalue weighted by Crippen LogP contribution is -2.31. The first kappa shape index (κ1) is 9.38. The van der Waals surface area contributed by atoms with Gasteiger partial charge in [0.25, 0.3) is 0 Å². The molecule has 0 saturated carbocycles. The molecule has 2 heteroatoms. The van der Waals surface area contributed by atoms with Crippen LogP contribution in [0.5, 0.6) is 0 Å². The van der Waals surface area contributed by atoms with Crippen molar-refractivity contribution >= 4 is 11.4 Å². The Hall–Kier alpha value is -1.18. The lowest BCUT2D eigenvalue weighted by atomic mass is 10.2. The summed E-state index contributed by atoms with van der Waals surface area (Å²) in [7, 11) is 0. The van der Waals surface area contributed by atoms with E-state index in [1.54, 1.807) is 0 Å². The van der Waals surface area contributed by atoms with Gasteiger partial charge in [0.2, 0.25) is 0 Å². The summed E-state index contributed by atoms with van der Waals surface area (Å²) >= 11 is 0. The molecule has 0 spiro atoms. The molecular weight excluding hydrogens is 172 g/mol. The molecule has 0 bridgehead atoms. The third-order valence-electron chi connectivity index (χ3n) is 2.73. The molecule has 0 amide bonds. The number of benzene rings is 1. The molecule has 1 N–H and O–H groups in total. The SMILES string of the molecule is CC(C)N1CCCNc2ccccc21. The molecule has 0 saturated heterocycles. The largest absolute Gasteiger partial charge is 0.383 e. The molecule has 2 rings (SSSR count). The summed E-state index contributed by atoms with van der Waals surface area (Å²) in [4.78, 5) is 2.47. The van der Waals surface area contributed by atoms with Gasteiger partial charge in [0.15, 0.2) is 0 Å². The summed E-state index contributed by atoms with van der Waals surface area (Å²) in [6.45, 7) is 6.74. The summed E-state index contributed by atoms with van der Waals surface area (Å²) in [5.74, 6) is 0. The van der Waals surface area contributed by atoms with Crippen LogP contribution in [0.1, 0.15) is 20.3 Å². The predicted molar refractivity (Wildman–Crippen MR) is 62.0 cm³/mol. The van der Waals surface area contributed by atoms with Crippen LogP contribution in [0.4, 0.5) is 11.4 Å². The second-order valence-electron chi connectivity index (χ2n) is 4.08. The van der Waals surface area contributed by atoms with E-state index in [0.29, 0.717) is 6.04 Å². The molecule has 1 heterocycles. The van der Waals surface area contributed by atoms with Gasteiger partial charge in [-0.25, -0.2) is 0 Å². The maximum Gasteiger partial charge on any atom is 0.0604 e. The van der Waals surface area contributed by atoms with Gasteiger partial charge in [-0.2, -0.15) is 0 Å². The molecule has 1 aliphatic rings. The van der Waals surface area contributed by atoms with Gasteiger partial charge in [-0.15, -0.1) is 0 Å². The van der Waals surface area contributed by atoms with Crippen molar-refractivity contribution < 1.29 is 0 Å². The predicted octanol–water partition coefficient (Wildman–Crippen LogP) is 2.72. The first-order chi connectivity index (χ1) is 6.79. The lowest BCUT2D eigenvalue weighted by Gasteiger charge is -2.28. The summed E-state index contributed by atoms with van der Waals surface area (Å²) in [5.41, 5.74) is 2.62. The van der Waals surface area contributed by atoms with Crippen molar-refractivity contribution in [3.05, 3.63) is 24.3 Å². The molecule has 1 aromatic carbocycles. The zero-order valence-corrected chi connectivity index (χ0v) is 8.96. The van der Waals surface area contributed by atoms with Crippen LogP contribution in [0.15, 0.2) is 24.3 Å². The molecule has 0 atom stereocenters. The van der Waals surface area contributed by atoms with E-state index in [0.717, 1.165) is 13.1 Å². The highest BCUT2D eigenvalue weighted by atomic mass is 15.2. The zero-order valence-electron chi connectivity index (χ0n) is 8.96. The molecule has 0 fully saturated rings. The average Bonchev–Trinajstić information content (AvgIpc) is 2.39. The zero-order chi connectivity index (χ0) is 9.97. The number of nitrogens with one attached hydrogen (secondary N) is 1. The lowest BCUT2D eigenvalue weighted by molar-refractivity contribution is 0.672. The second kappa shape index (κ2) is 3.91. The third kappa shape index (κ3) is 1.69.